The number of allylic oxidation sites excluding steroid dienone is 2. The molecule has 0 bridgehead atoms. The molecule has 1 aliphatic rings. The van der Waals surface area contributed by atoms with Gasteiger partial charge in [-0.2, -0.15) is 0 Å². The van der Waals surface area contributed by atoms with Gasteiger partial charge in [0.1, 0.15) is 11.3 Å². The van der Waals surface area contributed by atoms with E-state index in [1.165, 1.54) is 23.6 Å². The molecule has 1 aliphatic carbocycles. The van der Waals surface area contributed by atoms with Gasteiger partial charge in [-0.15, -0.1) is 0 Å². The van der Waals surface area contributed by atoms with E-state index in [0.29, 0.717) is 11.0 Å². The quantitative estimate of drug-likeness (QED) is 0.652. The zero-order valence-corrected chi connectivity index (χ0v) is 13.4. The third-order valence-electron chi connectivity index (χ3n) is 4.68. The monoisotopic (exact) mass is 298 g/mol. The second kappa shape index (κ2) is 5.31. The Kier molecular flexibility index (Phi) is 3.59. The molecule has 1 aromatic heterocycles. The number of hydrogen-bond acceptors (Lipinski definition) is 3. The van der Waals surface area contributed by atoms with E-state index in [-0.39, 0.29) is 5.75 Å². The Balaban J connectivity index is 1.96. The van der Waals surface area contributed by atoms with E-state index in [1.54, 1.807) is 12.1 Å². The van der Waals surface area contributed by atoms with Crippen LogP contribution in [0, 0.1) is 5.41 Å². The molecule has 2 aromatic rings. The van der Waals surface area contributed by atoms with Gasteiger partial charge in [0.25, 0.3) is 0 Å². The summed E-state index contributed by atoms with van der Waals surface area (Å²) in [6, 6.07) is 6.63. The number of aromatic hydroxyl groups is 1. The Labute approximate surface area is 130 Å². The molecule has 0 fully saturated rings. The standard InChI is InChI=1S/C19H22O3/c1-12-11-19(2,3)7-6-13(12)8-15-9-14-4-5-18(21)22-17(14)10-16(15)20/h4-5,9-10,20H,6-8,11H2,1-3H3. The molecule has 0 amide bonds. The van der Waals surface area contributed by atoms with Crippen molar-refractivity contribution in [1.29, 1.82) is 0 Å². The Bertz CT molecular complexity index is 809. The van der Waals surface area contributed by atoms with E-state index >= 15 is 0 Å². The summed E-state index contributed by atoms with van der Waals surface area (Å²) in [5.41, 5.74) is 4.18. The first-order valence-corrected chi connectivity index (χ1v) is 7.77. The summed E-state index contributed by atoms with van der Waals surface area (Å²) in [5.74, 6) is 0.201. The van der Waals surface area contributed by atoms with Crippen molar-refractivity contribution in [2.45, 2.75) is 46.5 Å². The maximum absolute atomic E-state index is 11.2. The fourth-order valence-electron chi connectivity index (χ4n) is 3.40. The maximum Gasteiger partial charge on any atom is 0.336 e. The van der Waals surface area contributed by atoms with Gasteiger partial charge in [-0.05, 0) is 55.7 Å². The average molecular weight is 298 g/mol. The normalized spacial score (nSPS) is 18.0. The lowest BCUT2D eigenvalue weighted by Crippen LogP contribution is -2.18. The number of fused-ring (bicyclic) bond motifs is 1. The lowest BCUT2D eigenvalue weighted by molar-refractivity contribution is 0.312. The van der Waals surface area contributed by atoms with Gasteiger partial charge in [-0.3, -0.25) is 0 Å². The van der Waals surface area contributed by atoms with Crippen molar-refractivity contribution in [2.24, 2.45) is 5.41 Å². The summed E-state index contributed by atoms with van der Waals surface area (Å²) < 4.78 is 5.11. The van der Waals surface area contributed by atoms with Gasteiger partial charge in [0.15, 0.2) is 0 Å². The maximum atomic E-state index is 11.2. The zero-order chi connectivity index (χ0) is 15.9. The molecule has 3 rings (SSSR count). The first-order valence-electron chi connectivity index (χ1n) is 7.77. The van der Waals surface area contributed by atoms with Crippen LogP contribution in [0.2, 0.25) is 0 Å². The highest BCUT2D eigenvalue weighted by Crippen LogP contribution is 2.40. The molecular weight excluding hydrogens is 276 g/mol. The molecule has 0 atom stereocenters. The molecule has 1 aromatic carbocycles. The van der Waals surface area contributed by atoms with E-state index in [2.05, 4.69) is 20.8 Å². The van der Waals surface area contributed by atoms with E-state index in [0.717, 1.165) is 30.2 Å². The van der Waals surface area contributed by atoms with Gasteiger partial charge >= 0.3 is 5.63 Å². The van der Waals surface area contributed by atoms with Crippen LogP contribution >= 0.6 is 0 Å². The third-order valence-corrected chi connectivity index (χ3v) is 4.68. The van der Waals surface area contributed by atoms with Crippen molar-refractivity contribution in [3.8, 4) is 5.75 Å². The van der Waals surface area contributed by atoms with Crippen LogP contribution < -0.4 is 5.63 Å². The fraction of sp³-hybridized carbons (Fsp3) is 0.421. The van der Waals surface area contributed by atoms with Crippen LogP contribution in [0.1, 0.15) is 45.6 Å². The zero-order valence-electron chi connectivity index (χ0n) is 13.4. The molecule has 3 nitrogen and oxygen atoms in total. The molecule has 0 radical (unpaired) electrons. The van der Waals surface area contributed by atoms with Gasteiger partial charge < -0.3 is 9.52 Å². The van der Waals surface area contributed by atoms with E-state index in [4.69, 9.17) is 4.42 Å². The van der Waals surface area contributed by atoms with E-state index < -0.39 is 5.63 Å². The number of phenols is 1. The van der Waals surface area contributed by atoms with Gasteiger partial charge in [-0.1, -0.05) is 25.0 Å². The minimum absolute atomic E-state index is 0.201. The van der Waals surface area contributed by atoms with Crippen LogP contribution in [0.5, 0.6) is 5.75 Å². The second-order valence-electron chi connectivity index (χ2n) is 7.17. The number of phenolic OH excluding ortho intramolecular Hbond substituents is 1. The first-order chi connectivity index (χ1) is 10.3. The molecule has 116 valence electrons. The minimum atomic E-state index is -0.396. The van der Waals surface area contributed by atoms with Gasteiger partial charge in [0.2, 0.25) is 0 Å². The number of benzene rings is 1. The van der Waals surface area contributed by atoms with Crippen LogP contribution in [-0.4, -0.2) is 5.11 Å². The second-order valence-corrected chi connectivity index (χ2v) is 7.17. The Morgan fingerprint density at radius 3 is 2.77 bits per heavy atom. The SMILES string of the molecule is CC1=C(Cc2cc3ccc(=O)oc3cc2O)CCC(C)(C)C1. The highest BCUT2D eigenvalue weighted by atomic mass is 16.4. The molecule has 0 spiro atoms. The summed E-state index contributed by atoms with van der Waals surface area (Å²) in [5, 5.41) is 11.1. The minimum Gasteiger partial charge on any atom is -0.508 e. The van der Waals surface area contributed by atoms with Crippen LogP contribution in [-0.2, 0) is 6.42 Å². The molecule has 0 saturated heterocycles. The van der Waals surface area contributed by atoms with E-state index in [1.807, 2.05) is 6.07 Å². The highest BCUT2D eigenvalue weighted by molar-refractivity contribution is 5.79. The predicted molar refractivity (Wildman–Crippen MR) is 88.2 cm³/mol. The van der Waals surface area contributed by atoms with Crippen molar-refractivity contribution in [1.82, 2.24) is 0 Å². The van der Waals surface area contributed by atoms with Crippen LogP contribution in [0.3, 0.4) is 0 Å². The topological polar surface area (TPSA) is 50.4 Å². The molecule has 22 heavy (non-hydrogen) atoms. The summed E-state index contributed by atoms with van der Waals surface area (Å²) in [6.45, 7) is 6.82. The van der Waals surface area contributed by atoms with Crippen molar-refractivity contribution < 1.29 is 9.52 Å². The van der Waals surface area contributed by atoms with Crippen molar-refractivity contribution in [2.75, 3.05) is 0 Å². The summed E-state index contributed by atoms with van der Waals surface area (Å²) in [4.78, 5) is 11.2. The fourth-order valence-corrected chi connectivity index (χ4v) is 3.40. The molecule has 0 aliphatic heterocycles. The number of hydrogen-bond donors (Lipinski definition) is 1. The molecular formula is C19H22O3. The Morgan fingerprint density at radius 1 is 1.27 bits per heavy atom. The van der Waals surface area contributed by atoms with Crippen molar-refractivity contribution in [3.63, 3.8) is 0 Å². The molecule has 0 saturated carbocycles. The third kappa shape index (κ3) is 2.94. The number of rotatable bonds is 2. The predicted octanol–water partition coefficient (Wildman–Crippen LogP) is 4.57. The van der Waals surface area contributed by atoms with Crippen LogP contribution in [0.25, 0.3) is 11.0 Å². The van der Waals surface area contributed by atoms with Crippen molar-refractivity contribution in [3.05, 3.63) is 51.4 Å². The van der Waals surface area contributed by atoms with E-state index in [9.17, 15) is 9.90 Å². The van der Waals surface area contributed by atoms with Crippen LogP contribution in [0.4, 0.5) is 0 Å². The Morgan fingerprint density at radius 2 is 2.05 bits per heavy atom. The van der Waals surface area contributed by atoms with Gasteiger partial charge in [0.05, 0.1) is 0 Å². The molecule has 1 N–H and O–H groups in total. The smallest absolute Gasteiger partial charge is 0.336 e. The first kappa shape index (κ1) is 14.9. The van der Waals surface area contributed by atoms with Gasteiger partial charge in [0, 0.05) is 17.5 Å². The Hall–Kier alpha value is -2.03. The molecule has 3 heteroatoms. The van der Waals surface area contributed by atoms with Gasteiger partial charge in [-0.25, -0.2) is 4.79 Å². The summed E-state index contributed by atoms with van der Waals surface area (Å²) >= 11 is 0. The van der Waals surface area contributed by atoms with Crippen LogP contribution in [0.15, 0.2) is 44.6 Å². The largest absolute Gasteiger partial charge is 0.508 e. The molecule has 1 heterocycles. The molecule has 0 unspecified atom stereocenters. The average Bonchev–Trinajstić information content (AvgIpc) is 2.42. The lowest BCUT2D eigenvalue weighted by atomic mass is 9.73. The lowest BCUT2D eigenvalue weighted by Gasteiger charge is -2.32. The summed E-state index contributed by atoms with van der Waals surface area (Å²) in [6.07, 6.45) is 4.15. The highest BCUT2D eigenvalue weighted by Gasteiger charge is 2.25. The van der Waals surface area contributed by atoms with Crippen molar-refractivity contribution >= 4 is 11.0 Å². The summed E-state index contributed by atoms with van der Waals surface area (Å²) in [7, 11) is 0.